The molecule has 29 heavy (non-hydrogen) atoms. The van der Waals surface area contributed by atoms with Gasteiger partial charge in [0, 0.05) is 44.0 Å². The third kappa shape index (κ3) is 4.48. The van der Waals surface area contributed by atoms with Gasteiger partial charge in [0.2, 0.25) is 17.7 Å². The van der Waals surface area contributed by atoms with E-state index in [1.807, 2.05) is 23.9 Å². The molecule has 0 N–H and O–H groups in total. The van der Waals surface area contributed by atoms with Crippen LogP contribution in [0.4, 0.5) is 0 Å². The second-order valence-electron chi connectivity index (χ2n) is 8.66. The fourth-order valence-electron chi connectivity index (χ4n) is 4.41. The van der Waals surface area contributed by atoms with Gasteiger partial charge in [-0.3, -0.25) is 19.3 Å². The summed E-state index contributed by atoms with van der Waals surface area (Å²) >= 11 is 6.46. The van der Waals surface area contributed by atoms with Gasteiger partial charge in [0.1, 0.15) is 0 Å². The number of nitrogens with zero attached hydrogens (tertiary/aromatic N) is 3. The number of rotatable bonds is 6. The molecule has 0 aromatic heterocycles. The van der Waals surface area contributed by atoms with Gasteiger partial charge in [-0.25, -0.2) is 0 Å². The van der Waals surface area contributed by atoms with E-state index in [2.05, 4.69) is 6.92 Å². The standard InChI is InChI=1S/C22H30ClN3O3/c1-16-7-6-10-25(15-16)19(27)13-22(17-8-4-5-9-18(17)23)14-20(28)26(21(22)29)12-11-24(2)3/h4-5,8-9,16H,6-7,10-15H2,1-3H3. The molecule has 3 amide bonds. The van der Waals surface area contributed by atoms with Gasteiger partial charge in [0.05, 0.1) is 5.41 Å². The van der Waals surface area contributed by atoms with Crippen LogP contribution in [0.2, 0.25) is 5.02 Å². The molecule has 0 aliphatic carbocycles. The lowest BCUT2D eigenvalue weighted by Crippen LogP contribution is -2.46. The molecule has 0 saturated carbocycles. The summed E-state index contributed by atoms with van der Waals surface area (Å²) in [4.78, 5) is 44.6. The minimum Gasteiger partial charge on any atom is -0.342 e. The Bertz CT molecular complexity index is 797. The maximum atomic E-state index is 13.5. The van der Waals surface area contributed by atoms with Gasteiger partial charge >= 0.3 is 0 Å². The number of benzene rings is 1. The molecule has 3 rings (SSSR count). The maximum absolute atomic E-state index is 13.5. The number of amides is 3. The Labute approximate surface area is 177 Å². The first-order valence-corrected chi connectivity index (χ1v) is 10.6. The molecule has 158 valence electrons. The van der Waals surface area contributed by atoms with Crippen molar-refractivity contribution >= 4 is 29.3 Å². The summed E-state index contributed by atoms with van der Waals surface area (Å²) in [5.41, 5.74) is -0.648. The molecule has 0 bridgehead atoms. The number of carbonyl (C=O) groups is 3. The average molecular weight is 420 g/mol. The summed E-state index contributed by atoms with van der Waals surface area (Å²) in [6, 6.07) is 7.08. The van der Waals surface area contributed by atoms with Gasteiger partial charge in [-0.05, 0) is 44.5 Å². The van der Waals surface area contributed by atoms with Crippen LogP contribution in [0.3, 0.4) is 0 Å². The van der Waals surface area contributed by atoms with Crippen LogP contribution < -0.4 is 0 Å². The van der Waals surface area contributed by atoms with Crippen molar-refractivity contribution in [2.24, 2.45) is 5.92 Å². The number of hydrogen-bond acceptors (Lipinski definition) is 4. The van der Waals surface area contributed by atoms with Crippen LogP contribution >= 0.6 is 11.6 Å². The number of hydrogen-bond donors (Lipinski definition) is 0. The van der Waals surface area contributed by atoms with E-state index in [0.29, 0.717) is 42.7 Å². The third-order valence-corrected chi connectivity index (χ3v) is 6.36. The second-order valence-corrected chi connectivity index (χ2v) is 9.06. The van der Waals surface area contributed by atoms with E-state index in [0.717, 1.165) is 12.8 Å². The molecule has 2 unspecified atom stereocenters. The molecule has 2 heterocycles. The number of likely N-dealkylation sites (tertiary alicyclic amines) is 2. The highest BCUT2D eigenvalue weighted by Gasteiger charge is 2.54. The van der Waals surface area contributed by atoms with Gasteiger partial charge in [0.25, 0.3) is 0 Å². The number of likely N-dealkylation sites (N-methyl/N-ethyl adjacent to an activating group) is 1. The van der Waals surface area contributed by atoms with Crippen molar-refractivity contribution in [1.29, 1.82) is 0 Å². The number of halogens is 1. The molecule has 2 aliphatic heterocycles. The van der Waals surface area contributed by atoms with E-state index in [1.165, 1.54) is 4.90 Å². The summed E-state index contributed by atoms with van der Waals surface area (Å²) in [6.07, 6.45) is 2.04. The molecule has 1 aromatic rings. The topological polar surface area (TPSA) is 60.9 Å². The fraction of sp³-hybridized carbons (Fsp3) is 0.591. The Balaban J connectivity index is 1.93. The monoisotopic (exact) mass is 419 g/mol. The van der Waals surface area contributed by atoms with Crippen LogP contribution in [-0.4, -0.2) is 72.7 Å². The lowest BCUT2D eigenvalue weighted by Gasteiger charge is -2.34. The van der Waals surface area contributed by atoms with E-state index in [1.54, 1.807) is 24.3 Å². The first-order valence-electron chi connectivity index (χ1n) is 10.3. The zero-order chi connectivity index (χ0) is 21.2. The van der Waals surface area contributed by atoms with Crippen LogP contribution in [-0.2, 0) is 19.8 Å². The largest absolute Gasteiger partial charge is 0.342 e. The van der Waals surface area contributed by atoms with E-state index in [9.17, 15) is 14.4 Å². The zero-order valence-corrected chi connectivity index (χ0v) is 18.2. The lowest BCUT2D eigenvalue weighted by molar-refractivity contribution is -0.143. The second kappa shape index (κ2) is 8.84. The minimum atomic E-state index is -1.22. The molecule has 6 nitrogen and oxygen atoms in total. The Morgan fingerprint density at radius 1 is 1.28 bits per heavy atom. The smallest absolute Gasteiger partial charge is 0.240 e. The van der Waals surface area contributed by atoms with Crippen LogP contribution in [0.1, 0.15) is 38.2 Å². The zero-order valence-electron chi connectivity index (χ0n) is 17.5. The van der Waals surface area contributed by atoms with Crippen molar-refractivity contribution in [3.63, 3.8) is 0 Å². The van der Waals surface area contributed by atoms with E-state index >= 15 is 0 Å². The number of piperidine rings is 1. The van der Waals surface area contributed by atoms with E-state index in [-0.39, 0.29) is 30.6 Å². The predicted octanol–water partition coefficient (Wildman–Crippen LogP) is 2.55. The Morgan fingerprint density at radius 2 is 2.00 bits per heavy atom. The molecule has 2 fully saturated rings. The van der Waals surface area contributed by atoms with Crippen molar-refractivity contribution in [3.05, 3.63) is 34.9 Å². The Morgan fingerprint density at radius 3 is 2.66 bits per heavy atom. The van der Waals surface area contributed by atoms with Crippen LogP contribution in [0.5, 0.6) is 0 Å². The molecule has 1 aromatic carbocycles. The number of carbonyl (C=O) groups excluding carboxylic acids is 3. The van der Waals surface area contributed by atoms with Gasteiger partial charge in [-0.1, -0.05) is 36.7 Å². The normalized spacial score (nSPS) is 25.2. The van der Waals surface area contributed by atoms with Crippen molar-refractivity contribution < 1.29 is 14.4 Å². The van der Waals surface area contributed by atoms with Gasteiger partial charge in [0.15, 0.2) is 0 Å². The summed E-state index contributed by atoms with van der Waals surface area (Å²) < 4.78 is 0. The van der Waals surface area contributed by atoms with Gasteiger partial charge < -0.3 is 9.80 Å². The van der Waals surface area contributed by atoms with Crippen molar-refractivity contribution in [2.45, 2.75) is 38.0 Å². The first kappa shape index (κ1) is 21.8. The van der Waals surface area contributed by atoms with Crippen molar-refractivity contribution in [2.75, 3.05) is 40.3 Å². The van der Waals surface area contributed by atoms with Crippen LogP contribution in [0.15, 0.2) is 24.3 Å². The lowest BCUT2D eigenvalue weighted by atomic mass is 9.75. The Kier molecular flexibility index (Phi) is 6.64. The molecule has 2 saturated heterocycles. The van der Waals surface area contributed by atoms with E-state index in [4.69, 9.17) is 11.6 Å². The summed E-state index contributed by atoms with van der Waals surface area (Å²) in [6.45, 7) is 4.42. The SMILES string of the molecule is CC1CCCN(C(=O)CC2(c3ccccc3Cl)CC(=O)N(CCN(C)C)C2=O)C1. The highest BCUT2D eigenvalue weighted by molar-refractivity contribution is 6.32. The average Bonchev–Trinajstić information content (AvgIpc) is 2.90. The highest BCUT2D eigenvalue weighted by atomic mass is 35.5. The molecular formula is C22H30ClN3O3. The summed E-state index contributed by atoms with van der Waals surface area (Å²) in [5.74, 6) is -0.180. The quantitative estimate of drug-likeness (QED) is 0.665. The predicted molar refractivity (Wildman–Crippen MR) is 113 cm³/mol. The van der Waals surface area contributed by atoms with Gasteiger partial charge in [-0.2, -0.15) is 0 Å². The Hall–Kier alpha value is -1.92. The fourth-order valence-corrected chi connectivity index (χ4v) is 4.72. The van der Waals surface area contributed by atoms with Crippen LogP contribution in [0, 0.1) is 5.92 Å². The molecule has 2 aliphatic rings. The molecule has 0 spiro atoms. The van der Waals surface area contributed by atoms with Crippen molar-refractivity contribution in [3.8, 4) is 0 Å². The molecule has 0 radical (unpaired) electrons. The first-order chi connectivity index (χ1) is 13.7. The maximum Gasteiger partial charge on any atom is 0.240 e. The number of imide groups is 1. The summed E-state index contributed by atoms with van der Waals surface area (Å²) in [7, 11) is 3.79. The van der Waals surface area contributed by atoms with E-state index < -0.39 is 5.41 Å². The molecular weight excluding hydrogens is 390 g/mol. The summed E-state index contributed by atoms with van der Waals surface area (Å²) in [5, 5.41) is 0.419. The minimum absolute atomic E-state index is 0.0157. The molecule has 7 heteroatoms. The molecule has 2 atom stereocenters. The highest BCUT2D eigenvalue weighted by Crippen LogP contribution is 2.43. The van der Waals surface area contributed by atoms with Crippen molar-refractivity contribution in [1.82, 2.24) is 14.7 Å². The van der Waals surface area contributed by atoms with Gasteiger partial charge in [-0.15, -0.1) is 0 Å². The van der Waals surface area contributed by atoms with Crippen LogP contribution in [0.25, 0.3) is 0 Å². The third-order valence-electron chi connectivity index (χ3n) is 6.03.